The number of halogens is 1. The summed E-state index contributed by atoms with van der Waals surface area (Å²) in [6, 6.07) is 16.7. The van der Waals surface area contributed by atoms with Crippen molar-refractivity contribution >= 4 is 23.5 Å². The van der Waals surface area contributed by atoms with E-state index in [0.717, 1.165) is 17.8 Å². The van der Waals surface area contributed by atoms with Crippen molar-refractivity contribution in [3.63, 3.8) is 0 Å². The zero-order chi connectivity index (χ0) is 13.2. The van der Waals surface area contributed by atoms with Crippen LogP contribution < -0.4 is 4.90 Å². The first-order valence-electron chi connectivity index (χ1n) is 6.32. The molecule has 0 amide bonds. The molecule has 0 N–H and O–H groups in total. The van der Waals surface area contributed by atoms with Gasteiger partial charge in [0.15, 0.2) is 5.62 Å². The maximum Gasteiger partial charge on any atom is 0.198 e. The van der Waals surface area contributed by atoms with E-state index in [-0.39, 0.29) is 5.62 Å². The minimum atomic E-state index is -0.338. The molecule has 2 aromatic carbocycles. The highest BCUT2D eigenvalue weighted by molar-refractivity contribution is 6.23. The van der Waals surface area contributed by atoms with Gasteiger partial charge < -0.3 is 4.90 Å². The lowest BCUT2D eigenvalue weighted by atomic mass is 10.1. The van der Waals surface area contributed by atoms with Crippen LogP contribution in [0.25, 0.3) is 0 Å². The number of anilines is 1. The molecule has 0 fully saturated rings. The second-order valence-electron chi connectivity index (χ2n) is 4.76. The van der Waals surface area contributed by atoms with Gasteiger partial charge in [-0.05, 0) is 24.1 Å². The molecule has 1 aliphatic heterocycles. The van der Waals surface area contributed by atoms with Gasteiger partial charge in [-0.25, -0.2) is 0 Å². The fraction of sp³-hybridized carbons (Fsp3) is 0.188. The van der Waals surface area contributed by atoms with E-state index < -0.39 is 0 Å². The molecular formula is C16H15ClN2. The van der Waals surface area contributed by atoms with Gasteiger partial charge in [0.05, 0.1) is 0 Å². The molecule has 3 rings (SSSR count). The summed E-state index contributed by atoms with van der Waals surface area (Å²) in [5, 5.41) is 0. The highest BCUT2D eigenvalue weighted by Gasteiger charge is 2.21. The van der Waals surface area contributed by atoms with Crippen molar-refractivity contribution < 1.29 is 0 Å². The van der Waals surface area contributed by atoms with Crippen LogP contribution in [0.1, 0.15) is 16.7 Å². The van der Waals surface area contributed by atoms with Gasteiger partial charge >= 0.3 is 0 Å². The molecule has 0 aliphatic carbocycles. The highest BCUT2D eigenvalue weighted by atomic mass is 35.5. The molecule has 96 valence electrons. The van der Waals surface area contributed by atoms with Crippen molar-refractivity contribution in [3.05, 3.63) is 65.2 Å². The first kappa shape index (κ1) is 12.2. The maximum atomic E-state index is 6.34. The summed E-state index contributed by atoms with van der Waals surface area (Å²) < 4.78 is 0. The largest absolute Gasteiger partial charge is 0.332 e. The van der Waals surface area contributed by atoms with Crippen molar-refractivity contribution in [1.29, 1.82) is 0 Å². The molecule has 0 aromatic heterocycles. The van der Waals surface area contributed by atoms with Gasteiger partial charge in [0.25, 0.3) is 0 Å². The van der Waals surface area contributed by atoms with Crippen LogP contribution in [0.15, 0.2) is 53.5 Å². The lowest BCUT2D eigenvalue weighted by Gasteiger charge is -2.31. The van der Waals surface area contributed by atoms with Crippen LogP contribution >= 0.6 is 11.6 Å². The highest BCUT2D eigenvalue weighted by Crippen LogP contribution is 2.30. The fourth-order valence-electron chi connectivity index (χ4n) is 2.29. The molecule has 1 aliphatic rings. The molecule has 19 heavy (non-hydrogen) atoms. The minimum absolute atomic E-state index is 0.338. The normalized spacial score (nSPS) is 17.4. The number of aryl methyl sites for hydroxylation is 1. The van der Waals surface area contributed by atoms with E-state index in [1.165, 1.54) is 11.1 Å². The van der Waals surface area contributed by atoms with Crippen LogP contribution in [0.2, 0.25) is 0 Å². The van der Waals surface area contributed by atoms with E-state index in [0.29, 0.717) is 0 Å². The summed E-state index contributed by atoms with van der Waals surface area (Å²) in [6.07, 6.45) is 1.86. The summed E-state index contributed by atoms with van der Waals surface area (Å²) >= 11 is 6.34. The Hall–Kier alpha value is -1.80. The zero-order valence-corrected chi connectivity index (χ0v) is 11.5. The Labute approximate surface area is 118 Å². The van der Waals surface area contributed by atoms with Gasteiger partial charge in [-0.2, -0.15) is 0 Å². The molecule has 1 unspecified atom stereocenters. The SMILES string of the molecule is Cc1ccc2c(c1)N(Cc1ccccc1)C(Cl)N=C2. The van der Waals surface area contributed by atoms with Gasteiger partial charge in [-0.1, -0.05) is 54.1 Å². The lowest BCUT2D eigenvalue weighted by molar-refractivity contribution is 0.755. The molecule has 0 saturated heterocycles. The second kappa shape index (κ2) is 5.06. The van der Waals surface area contributed by atoms with E-state index in [4.69, 9.17) is 11.6 Å². The molecule has 0 saturated carbocycles. The zero-order valence-electron chi connectivity index (χ0n) is 10.8. The van der Waals surface area contributed by atoms with Crippen molar-refractivity contribution in [3.8, 4) is 0 Å². The van der Waals surface area contributed by atoms with Gasteiger partial charge in [0.1, 0.15) is 0 Å². The van der Waals surface area contributed by atoms with Crippen LogP contribution in [-0.2, 0) is 6.54 Å². The number of hydrogen-bond acceptors (Lipinski definition) is 2. The quantitative estimate of drug-likeness (QED) is 0.596. The summed E-state index contributed by atoms with van der Waals surface area (Å²) in [4.78, 5) is 6.47. The molecule has 2 nitrogen and oxygen atoms in total. The molecule has 1 atom stereocenters. The Morgan fingerprint density at radius 1 is 1.16 bits per heavy atom. The average molecular weight is 271 g/mol. The van der Waals surface area contributed by atoms with E-state index >= 15 is 0 Å². The number of aliphatic imine (C=N–C) groups is 1. The van der Waals surface area contributed by atoms with Gasteiger partial charge in [0.2, 0.25) is 0 Å². The molecule has 0 spiro atoms. The first-order chi connectivity index (χ1) is 9.24. The summed E-state index contributed by atoms with van der Waals surface area (Å²) in [5.41, 5.74) is 4.40. The Morgan fingerprint density at radius 3 is 2.74 bits per heavy atom. The Kier molecular flexibility index (Phi) is 3.26. The van der Waals surface area contributed by atoms with Crippen LogP contribution in [0.3, 0.4) is 0 Å². The second-order valence-corrected chi connectivity index (χ2v) is 5.15. The topological polar surface area (TPSA) is 15.6 Å². The lowest BCUT2D eigenvalue weighted by Crippen LogP contribution is -2.32. The first-order valence-corrected chi connectivity index (χ1v) is 6.76. The standard InChI is InChI=1S/C16H15ClN2/c1-12-7-8-14-10-18-16(17)19(15(14)9-12)11-13-5-3-2-4-6-13/h2-10,16H,11H2,1H3. The van der Waals surface area contributed by atoms with E-state index in [2.05, 4.69) is 47.1 Å². The smallest absolute Gasteiger partial charge is 0.198 e. The number of rotatable bonds is 2. The molecule has 0 radical (unpaired) electrons. The molecule has 3 heteroatoms. The van der Waals surface area contributed by atoms with Crippen LogP contribution in [0.5, 0.6) is 0 Å². The maximum absolute atomic E-state index is 6.34. The summed E-state index contributed by atoms with van der Waals surface area (Å²) in [6.45, 7) is 2.86. The third kappa shape index (κ3) is 2.49. The number of fused-ring (bicyclic) bond motifs is 1. The van der Waals surface area contributed by atoms with E-state index in [1.54, 1.807) is 0 Å². The summed E-state index contributed by atoms with van der Waals surface area (Å²) in [5.74, 6) is 0. The van der Waals surface area contributed by atoms with Crippen molar-refractivity contribution in [2.45, 2.75) is 19.1 Å². The number of hydrogen-bond donors (Lipinski definition) is 0. The van der Waals surface area contributed by atoms with Gasteiger partial charge in [-0.15, -0.1) is 0 Å². The minimum Gasteiger partial charge on any atom is -0.332 e. The third-order valence-electron chi connectivity index (χ3n) is 3.28. The average Bonchev–Trinajstić information content (AvgIpc) is 2.43. The monoisotopic (exact) mass is 270 g/mol. The molecule has 1 heterocycles. The van der Waals surface area contributed by atoms with E-state index in [9.17, 15) is 0 Å². The van der Waals surface area contributed by atoms with Gasteiger partial charge in [-0.3, -0.25) is 4.99 Å². The van der Waals surface area contributed by atoms with Crippen molar-refractivity contribution in [2.75, 3.05) is 4.90 Å². The molecule has 2 aromatic rings. The molecule has 0 bridgehead atoms. The Bertz CT molecular complexity index is 607. The number of nitrogens with zero attached hydrogens (tertiary/aromatic N) is 2. The predicted octanol–water partition coefficient (Wildman–Crippen LogP) is 3.96. The van der Waals surface area contributed by atoms with Crippen LogP contribution in [-0.4, -0.2) is 11.8 Å². The number of benzene rings is 2. The van der Waals surface area contributed by atoms with Crippen LogP contribution in [0.4, 0.5) is 5.69 Å². The number of alkyl halides is 1. The van der Waals surface area contributed by atoms with Gasteiger partial charge in [0, 0.05) is 24.0 Å². The predicted molar refractivity (Wildman–Crippen MR) is 81.0 cm³/mol. The van der Waals surface area contributed by atoms with Crippen molar-refractivity contribution in [2.24, 2.45) is 4.99 Å². The summed E-state index contributed by atoms with van der Waals surface area (Å²) in [7, 11) is 0. The van der Waals surface area contributed by atoms with E-state index in [1.807, 2.05) is 24.4 Å². The Morgan fingerprint density at radius 2 is 1.95 bits per heavy atom. The Balaban J connectivity index is 1.97. The third-order valence-corrected chi connectivity index (χ3v) is 3.63. The van der Waals surface area contributed by atoms with Crippen molar-refractivity contribution in [1.82, 2.24) is 0 Å². The van der Waals surface area contributed by atoms with Crippen LogP contribution in [0, 0.1) is 6.92 Å². The fourth-order valence-corrected chi connectivity index (χ4v) is 2.52. The molecular weight excluding hydrogens is 256 g/mol.